The second kappa shape index (κ2) is 4.95. The van der Waals surface area contributed by atoms with E-state index in [1.165, 1.54) is 6.07 Å². The molecule has 2 atom stereocenters. The molecule has 1 aromatic rings. The monoisotopic (exact) mass is 303 g/mol. The van der Waals surface area contributed by atoms with Crippen molar-refractivity contribution in [1.82, 2.24) is 4.90 Å². The zero-order valence-electron chi connectivity index (χ0n) is 11.5. The lowest BCUT2D eigenvalue weighted by Crippen LogP contribution is -2.46. The maximum Gasteiger partial charge on any atom is 0.419 e. The van der Waals surface area contributed by atoms with E-state index in [2.05, 4.69) is 4.90 Å². The van der Waals surface area contributed by atoms with Crippen LogP contribution in [-0.2, 0) is 11.8 Å². The highest BCUT2D eigenvalue weighted by atomic mass is 19.4. The van der Waals surface area contributed by atoms with Crippen molar-refractivity contribution in [3.63, 3.8) is 0 Å². The van der Waals surface area contributed by atoms with Crippen LogP contribution in [0.5, 0.6) is 0 Å². The lowest BCUT2D eigenvalue weighted by Gasteiger charge is -2.41. The number of halogens is 4. The maximum absolute atomic E-state index is 13.4. The first-order valence-electron chi connectivity index (χ1n) is 7.13. The van der Waals surface area contributed by atoms with E-state index in [9.17, 15) is 22.7 Å². The molecular weight excluding hydrogens is 286 g/mol. The predicted octanol–water partition coefficient (Wildman–Crippen LogP) is 3.29. The minimum Gasteiger partial charge on any atom is -0.385 e. The van der Waals surface area contributed by atoms with Gasteiger partial charge in [0.25, 0.3) is 0 Å². The smallest absolute Gasteiger partial charge is 0.385 e. The molecule has 2 heterocycles. The van der Waals surface area contributed by atoms with Gasteiger partial charge in [-0.25, -0.2) is 4.39 Å². The summed E-state index contributed by atoms with van der Waals surface area (Å²) in [5.41, 5.74) is -2.43. The molecule has 2 unspecified atom stereocenters. The molecule has 2 aliphatic rings. The summed E-state index contributed by atoms with van der Waals surface area (Å²) in [6.07, 6.45) is -1.94. The Morgan fingerprint density at radius 1 is 1.24 bits per heavy atom. The normalized spacial score (nSPS) is 30.4. The standard InChI is InChI=1S/C15H17F4NO/c16-13-4-3-10(8-12(13)15(17,18)19)14(21)5-7-20-6-1-2-11(20)9-14/h3-4,8,11,21H,1-2,5-7,9H2. The molecule has 3 rings (SSSR count). The van der Waals surface area contributed by atoms with Crippen molar-refractivity contribution in [3.8, 4) is 0 Å². The van der Waals surface area contributed by atoms with E-state index in [1.54, 1.807) is 0 Å². The fraction of sp³-hybridized carbons (Fsp3) is 0.600. The molecule has 2 aliphatic heterocycles. The van der Waals surface area contributed by atoms with Crippen molar-refractivity contribution in [3.05, 3.63) is 35.1 Å². The Balaban J connectivity index is 1.92. The van der Waals surface area contributed by atoms with Gasteiger partial charge in [-0.05, 0) is 49.9 Å². The highest BCUT2D eigenvalue weighted by molar-refractivity contribution is 5.32. The molecule has 0 amide bonds. The van der Waals surface area contributed by atoms with Gasteiger partial charge in [0, 0.05) is 12.6 Å². The maximum atomic E-state index is 13.4. The van der Waals surface area contributed by atoms with Crippen LogP contribution >= 0.6 is 0 Å². The fourth-order valence-corrected chi connectivity index (χ4v) is 3.54. The topological polar surface area (TPSA) is 23.5 Å². The van der Waals surface area contributed by atoms with Gasteiger partial charge >= 0.3 is 6.18 Å². The summed E-state index contributed by atoms with van der Waals surface area (Å²) in [4.78, 5) is 2.27. The zero-order chi connectivity index (χ0) is 15.3. The highest BCUT2D eigenvalue weighted by Crippen LogP contribution is 2.41. The van der Waals surface area contributed by atoms with Crippen LogP contribution in [0.25, 0.3) is 0 Å². The number of fused-ring (bicyclic) bond motifs is 1. The molecule has 0 saturated carbocycles. The van der Waals surface area contributed by atoms with Crippen molar-refractivity contribution in [1.29, 1.82) is 0 Å². The molecule has 0 radical (unpaired) electrons. The summed E-state index contributed by atoms with van der Waals surface area (Å²) in [5, 5.41) is 10.8. The van der Waals surface area contributed by atoms with Crippen LogP contribution in [-0.4, -0.2) is 29.1 Å². The molecule has 0 bridgehead atoms. The minimum atomic E-state index is -4.75. The number of benzene rings is 1. The van der Waals surface area contributed by atoms with Crippen LogP contribution in [0.1, 0.15) is 36.8 Å². The minimum absolute atomic E-state index is 0.169. The van der Waals surface area contributed by atoms with E-state index in [0.29, 0.717) is 19.4 Å². The van der Waals surface area contributed by atoms with Gasteiger partial charge in [-0.15, -0.1) is 0 Å². The molecule has 2 fully saturated rings. The number of aliphatic hydroxyl groups is 1. The van der Waals surface area contributed by atoms with Gasteiger partial charge in [0.2, 0.25) is 0 Å². The van der Waals surface area contributed by atoms with Crippen molar-refractivity contribution in [2.45, 2.75) is 43.5 Å². The summed E-state index contributed by atoms with van der Waals surface area (Å²) in [6.45, 7) is 1.65. The molecule has 6 heteroatoms. The number of hydrogen-bond donors (Lipinski definition) is 1. The Hall–Kier alpha value is -1.14. The third-order valence-corrected chi connectivity index (χ3v) is 4.69. The molecular formula is C15H17F4NO. The third-order valence-electron chi connectivity index (χ3n) is 4.69. The number of alkyl halides is 3. The first kappa shape index (κ1) is 14.8. The van der Waals surface area contributed by atoms with Crippen molar-refractivity contribution in [2.24, 2.45) is 0 Å². The van der Waals surface area contributed by atoms with Gasteiger partial charge in [0.1, 0.15) is 5.82 Å². The molecule has 1 N–H and O–H groups in total. The first-order valence-corrected chi connectivity index (χ1v) is 7.13. The molecule has 0 spiro atoms. The van der Waals surface area contributed by atoms with Crippen LogP contribution in [0, 0.1) is 5.82 Å². The van der Waals surface area contributed by atoms with E-state index in [4.69, 9.17) is 0 Å². The van der Waals surface area contributed by atoms with Crippen molar-refractivity contribution >= 4 is 0 Å². The molecule has 2 nitrogen and oxygen atoms in total. The van der Waals surface area contributed by atoms with E-state index in [0.717, 1.165) is 31.5 Å². The van der Waals surface area contributed by atoms with Crippen molar-refractivity contribution < 1.29 is 22.7 Å². The van der Waals surface area contributed by atoms with Gasteiger partial charge in [-0.1, -0.05) is 6.07 Å². The molecule has 1 aromatic carbocycles. The zero-order valence-corrected chi connectivity index (χ0v) is 11.5. The molecule has 0 aromatic heterocycles. The van der Waals surface area contributed by atoms with E-state index in [1.807, 2.05) is 0 Å². The van der Waals surface area contributed by atoms with Crippen LogP contribution in [0.3, 0.4) is 0 Å². The predicted molar refractivity (Wildman–Crippen MR) is 69.1 cm³/mol. The summed E-state index contributed by atoms with van der Waals surface area (Å²) < 4.78 is 51.8. The lowest BCUT2D eigenvalue weighted by molar-refractivity contribution is -0.140. The SMILES string of the molecule is OC1(c2ccc(F)c(C(F)(F)F)c2)CCN2CCCC2C1. The number of nitrogens with zero attached hydrogens (tertiary/aromatic N) is 1. The average Bonchev–Trinajstić information content (AvgIpc) is 2.84. The molecule has 0 aliphatic carbocycles. The lowest BCUT2D eigenvalue weighted by atomic mass is 9.80. The summed E-state index contributed by atoms with van der Waals surface area (Å²) in [5.74, 6) is -1.30. The van der Waals surface area contributed by atoms with Crippen LogP contribution in [0.2, 0.25) is 0 Å². The van der Waals surface area contributed by atoms with Gasteiger partial charge < -0.3 is 10.0 Å². The molecule has 116 valence electrons. The first-order chi connectivity index (χ1) is 9.79. The fourth-order valence-electron chi connectivity index (χ4n) is 3.54. The van der Waals surface area contributed by atoms with Crippen LogP contribution in [0.15, 0.2) is 18.2 Å². The van der Waals surface area contributed by atoms with E-state index >= 15 is 0 Å². The Morgan fingerprint density at radius 2 is 2.00 bits per heavy atom. The Labute approximate surface area is 120 Å². The summed E-state index contributed by atoms with van der Waals surface area (Å²) in [6, 6.07) is 3.05. The Bertz CT molecular complexity index is 545. The second-order valence-electron chi connectivity index (χ2n) is 6.01. The summed E-state index contributed by atoms with van der Waals surface area (Å²) in [7, 11) is 0. The second-order valence-corrected chi connectivity index (χ2v) is 6.01. The average molecular weight is 303 g/mol. The van der Waals surface area contributed by atoms with Crippen LogP contribution in [0.4, 0.5) is 17.6 Å². The van der Waals surface area contributed by atoms with Gasteiger partial charge in [0.15, 0.2) is 0 Å². The molecule has 21 heavy (non-hydrogen) atoms. The third kappa shape index (κ3) is 2.66. The van der Waals surface area contributed by atoms with E-state index < -0.39 is 23.2 Å². The highest BCUT2D eigenvalue weighted by Gasteiger charge is 2.43. The van der Waals surface area contributed by atoms with Crippen molar-refractivity contribution in [2.75, 3.05) is 13.1 Å². The quantitative estimate of drug-likeness (QED) is 0.805. The largest absolute Gasteiger partial charge is 0.419 e. The molecule has 2 saturated heterocycles. The van der Waals surface area contributed by atoms with Crippen LogP contribution < -0.4 is 0 Å². The summed E-state index contributed by atoms with van der Waals surface area (Å²) >= 11 is 0. The number of hydrogen-bond acceptors (Lipinski definition) is 2. The Kier molecular flexibility index (Phi) is 3.48. The van der Waals surface area contributed by atoms with Gasteiger partial charge in [-0.3, -0.25) is 0 Å². The Morgan fingerprint density at radius 3 is 2.71 bits per heavy atom. The van der Waals surface area contributed by atoms with E-state index in [-0.39, 0.29) is 11.6 Å². The van der Waals surface area contributed by atoms with Gasteiger partial charge in [-0.2, -0.15) is 13.2 Å². The number of rotatable bonds is 1. The number of piperidine rings is 1. The van der Waals surface area contributed by atoms with Gasteiger partial charge in [0.05, 0.1) is 11.2 Å².